The van der Waals surface area contributed by atoms with Crippen LogP contribution >= 0.6 is 0 Å². The van der Waals surface area contributed by atoms with Crippen LogP contribution < -0.4 is 0 Å². The van der Waals surface area contributed by atoms with Gasteiger partial charge >= 0.3 is 12.1 Å². The number of carboxylic acid groups (broad SMARTS) is 1. The first-order valence-corrected chi connectivity index (χ1v) is 6.97. The topological polar surface area (TPSA) is 66.8 Å². The Bertz CT molecular complexity index is 348. The number of likely N-dealkylation sites (tertiary alicyclic amines) is 1. The van der Waals surface area contributed by atoms with Crippen LogP contribution in [-0.4, -0.2) is 39.8 Å². The smallest absolute Gasteiger partial charge is 0.411 e. The fourth-order valence-electron chi connectivity index (χ4n) is 2.52. The first kappa shape index (κ1) is 15.8. The van der Waals surface area contributed by atoms with Crippen LogP contribution in [0.3, 0.4) is 0 Å². The Morgan fingerprint density at radius 2 is 2.00 bits per heavy atom. The van der Waals surface area contributed by atoms with E-state index in [1.54, 1.807) is 20.8 Å². The summed E-state index contributed by atoms with van der Waals surface area (Å²) in [6.45, 7) is 7.84. The van der Waals surface area contributed by atoms with Crippen molar-refractivity contribution in [1.29, 1.82) is 0 Å². The highest BCUT2D eigenvalue weighted by Gasteiger charge is 2.50. The number of aliphatic carboxylic acids is 1. The van der Waals surface area contributed by atoms with E-state index in [2.05, 4.69) is 0 Å². The van der Waals surface area contributed by atoms with Gasteiger partial charge in [0.1, 0.15) is 11.1 Å². The molecule has 1 rings (SSSR count). The van der Waals surface area contributed by atoms with Crippen LogP contribution in [-0.2, 0) is 9.53 Å². The van der Waals surface area contributed by atoms with Gasteiger partial charge < -0.3 is 9.84 Å². The number of carbonyl (C=O) groups excluding carboxylic acids is 1. The molecule has 0 aliphatic carbocycles. The third-order valence-corrected chi connectivity index (χ3v) is 3.44. The molecule has 0 spiro atoms. The molecule has 0 aromatic rings. The molecule has 1 unspecified atom stereocenters. The second kappa shape index (κ2) is 5.80. The highest BCUT2D eigenvalue weighted by molar-refractivity contribution is 5.85. The van der Waals surface area contributed by atoms with Gasteiger partial charge in [0.2, 0.25) is 0 Å². The Labute approximate surface area is 114 Å². The Hall–Kier alpha value is -1.26. The lowest BCUT2D eigenvalue weighted by molar-refractivity contribution is -0.150. The van der Waals surface area contributed by atoms with Crippen molar-refractivity contribution in [3.63, 3.8) is 0 Å². The summed E-state index contributed by atoms with van der Waals surface area (Å²) in [6.07, 6.45) is 2.93. The van der Waals surface area contributed by atoms with E-state index in [4.69, 9.17) is 4.74 Å². The number of carbonyl (C=O) groups is 2. The maximum Gasteiger partial charge on any atom is 0.411 e. The van der Waals surface area contributed by atoms with Crippen LogP contribution in [0, 0.1) is 0 Å². The van der Waals surface area contributed by atoms with Gasteiger partial charge in [-0.3, -0.25) is 4.90 Å². The second-order valence-corrected chi connectivity index (χ2v) is 6.18. The van der Waals surface area contributed by atoms with Crippen LogP contribution in [0.5, 0.6) is 0 Å². The lowest BCUT2D eigenvalue weighted by Crippen LogP contribution is -2.54. The van der Waals surface area contributed by atoms with Gasteiger partial charge in [0, 0.05) is 6.54 Å². The number of carboxylic acids is 1. The van der Waals surface area contributed by atoms with Crippen LogP contribution in [0.1, 0.15) is 59.8 Å². The molecule has 0 radical (unpaired) electrons. The number of hydrogen-bond donors (Lipinski definition) is 1. The average molecular weight is 271 g/mol. The van der Waals surface area contributed by atoms with Gasteiger partial charge in [0.25, 0.3) is 0 Å². The molecule has 1 saturated heterocycles. The van der Waals surface area contributed by atoms with E-state index < -0.39 is 23.2 Å². The molecule has 110 valence electrons. The number of unbranched alkanes of at least 4 members (excludes halogenated alkanes) is 1. The van der Waals surface area contributed by atoms with Crippen molar-refractivity contribution >= 4 is 12.1 Å². The van der Waals surface area contributed by atoms with E-state index in [0.717, 1.165) is 19.3 Å². The molecule has 1 N–H and O–H groups in total. The molecular formula is C14H25NO4. The van der Waals surface area contributed by atoms with Gasteiger partial charge in [-0.15, -0.1) is 0 Å². The summed E-state index contributed by atoms with van der Waals surface area (Å²) < 4.78 is 5.33. The van der Waals surface area contributed by atoms with Crippen molar-refractivity contribution in [2.24, 2.45) is 0 Å². The molecule has 1 atom stereocenters. The van der Waals surface area contributed by atoms with Crippen molar-refractivity contribution in [3.05, 3.63) is 0 Å². The van der Waals surface area contributed by atoms with Gasteiger partial charge in [-0.25, -0.2) is 9.59 Å². The fourth-order valence-corrected chi connectivity index (χ4v) is 2.52. The molecule has 1 amide bonds. The molecule has 5 heteroatoms. The highest BCUT2D eigenvalue weighted by Crippen LogP contribution is 2.35. The minimum Gasteiger partial charge on any atom is -0.479 e. The maximum absolute atomic E-state index is 12.2. The zero-order valence-corrected chi connectivity index (χ0v) is 12.4. The van der Waals surface area contributed by atoms with E-state index in [1.165, 1.54) is 4.90 Å². The Morgan fingerprint density at radius 1 is 1.37 bits per heavy atom. The SMILES string of the molecule is CCCCC1(C(=O)O)CCCN1C(=O)OC(C)(C)C. The first-order chi connectivity index (χ1) is 8.73. The zero-order chi connectivity index (χ0) is 14.7. The van der Waals surface area contributed by atoms with Gasteiger partial charge in [-0.05, 0) is 40.0 Å². The van der Waals surface area contributed by atoms with Crippen LogP contribution in [0.4, 0.5) is 4.79 Å². The maximum atomic E-state index is 12.2. The van der Waals surface area contributed by atoms with E-state index in [-0.39, 0.29) is 0 Å². The third-order valence-electron chi connectivity index (χ3n) is 3.44. The molecular weight excluding hydrogens is 246 g/mol. The minimum atomic E-state index is -1.07. The van der Waals surface area contributed by atoms with E-state index >= 15 is 0 Å². The van der Waals surface area contributed by atoms with Gasteiger partial charge in [0.05, 0.1) is 0 Å². The number of amides is 1. The van der Waals surface area contributed by atoms with Crippen LogP contribution in [0.2, 0.25) is 0 Å². The monoisotopic (exact) mass is 271 g/mol. The minimum absolute atomic E-state index is 0.463. The van der Waals surface area contributed by atoms with Crippen LogP contribution in [0.15, 0.2) is 0 Å². The summed E-state index contributed by atoms with van der Waals surface area (Å²) in [6, 6.07) is 0. The molecule has 1 heterocycles. The molecule has 1 fully saturated rings. The largest absolute Gasteiger partial charge is 0.479 e. The zero-order valence-electron chi connectivity index (χ0n) is 12.4. The fraction of sp³-hybridized carbons (Fsp3) is 0.857. The highest BCUT2D eigenvalue weighted by atomic mass is 16.6. The first-order valence-electron chi connectivity index (χ1n) is 6.97. The van der Waals surface area contributed by atoms with Crippen molar-refractivity contribution in [3.8, 4) is 0 Å². The van der Waals surface area contributed by atoms with Crippen molar-refractivity contribution in [2.45, 2.75) is 70.9 Å². The predicted molar refractivity (Wildman–Crippen MR) is 72.1 cm³/mol. The molecule has 0 bridgehead atoms. The summed E-state index contributed by atoms with van der Waals surface area (Å²) in [5.74, 6) is -0.913. The summed E-state index contributed by atoms with van der Waals surface area (Å²) in [5, 5.41) is 9.56. The lowest BCUT2D eigenvalue weighted by atomic mass is 9.90. The van der Waals surface area contributed by atoms with Crippen molar-refractivity contribution in [1.82, 2.24) is 4.90 Å². The molecule has 1 aliphatic heterocycles. The number of rotatable bonds is 4. The molecule has 0 aromatic heterocycles. The van der Waals surface area contributed by atoms with E-state index in [9.17, 15) is 14.7 Å². The van der Waals surface area contributed by atoms with Gasteiger partial charge in [0.15, 0.2) is 0 Å². The average Bonchev–Trinajstić information content (AvgIpc) is 2.69. The lowest BCUT2D eigenvalue weighted by Gasteiger charge is -2.35. The molecule has 1 aliphatic rings. The summed E-state index contributed by atoms with van der Waals surface area (Å²) in [7, 11) is 0. The number of hydrogen-bond acceptors (Lipinski definition) is 3. The van der Waals surface area contributed by atoms with Crippen molar-refractivity contribution in [2.75, 3.05) is 6.54 Å². The number of nitrogens with zero attached hydrogens (tertiary/aromatic N) is 1. The standard InChI is InChI=1S/C14H25NO4/c1-5-6-8-14(11(16)17)9-7-10-15(14)12(18)19-13(2,3)4/h5-10H2,1-4H3,(H,16,17). The molecule has 5 nitrogen and oxygen atoms in total. The second-order valence-electron chi connectivity index (χ2n) is 6.18. The van der Waals surface area contributed by atoms with Gasteiger partial charge in [-0.2, -0.15) is 0 Å². The summed E-state index contributed by atoms with van der Waals surface area (Å²) in [5.41, 5.74) is -1.67. The third kappa shape index (κ3) is 3.61. The van der Waals surface area contributed by atoms with Gasteiger partial charge in [-0.1, -0.05) is 19.8 Å². The Morgan fingerprint density at radius 3 is 2.47 bits per heavy atom. The molecule has 19 heavy (non-hydrogen) atoms. The molecule has 0 saturated carbocycles. The summed E-state index contributed by atoms with van der Waals surface area (Å²) >= 11 is 0. The van der Waals surface area contributed by atoms with E-state index in [1.807, 2.05) is 6.92 Å². The number of ether oxygens (including phenoxy) is 1. The normalized spacial score (nSPS) is 23.5. The van der Waals surface area contributed by atoms with E-state index in [0.29, 0.717) is 19.4 Å². The molecule has 0 aromatic carbocycles. The van der Waals surface area contributed by atoms with Crippen molar-refractivity contribution < 1.29 is 19.4 Å². The quantitative estimate of drug-likeness (QED) is 0.853. The summed E-state index contributed by atoms with van der Waals surface area (Å²) in [4.78, 5) is 25.3. The Kier molecular flexibility index (Phi) is 4.82. The Balaban J connectivity index is 2.90. The predicted octanol–water partition coefficient (Wildman–Crippen LogP) is 3.03. The van der Waals surface area contributed by atoms with Crippen LogP contribution in [0.25, 0.3) is 0 Å².